The first-order chi connectivity index (χ1) is 14.3. The summed E-state index contributed by atoms with van der Waals surface area (Å²) < 4.78 is 91.2. The SMILES string of the molecule is C=C(c1sc2cc(C(F)(F)F)sc2c1S(=O)CC)N(C)c1nnc(C(F)(F)F)cc1C. The van der Waals surface area contributed by atoms with Crippen molar-refractivity contribution in [2.24, 2.45) is 0 Å². The van der Waals surface area contributed by atoms with Crippen molar-refractivity contribution in [3.63, 3.8) is 0 Å². The molecule has 3 aromatic rings. The number of thiophene rings is 2. The van der Waals surface area contributed by atoms with Gasteiger partial charge in [0.05, 0.1) is 31.0 Å². The molecule has 0 bridgehead atoms. The van der Waals surface area contributed by atoms with Crippen LogP contribution in [0, 0.1) is 6.92 Å². The van der Waals surface area contributed by atoms with E-state index in [2.05, 4.69) is 16.8 Å². The van der Waals surface area contributed by atoms with Crippen molar-refractivity contribution in [3.05, 3.63) is 39.7 Å². The molecule has 0 N–H and O–H groups in total. The number of anilines is 1. The van der Waals surface area contributed by atoms with Crippen LogP contribution in [-0.4, -0.2) is 27.2 Å². The van der Waals surface area contributed by atoms with Gasteiger partial charge in [-0.15, -0.1) is 32.9 Å². The summed E-state index contributed by atoms with van der Waals surface area (Å²) in [5.41, 5.74) is -0.713. The quantitative estimate of drug-likeness (QED) is 0.385. The van der Waals surface area contributed by atoms with E-state index >= 15 is 0 Å². The average Bonchev–Trinajstić information content (AvgIpc) is 3.23. The molecule has 0 aliphatic carbocycles. The molecular weight excluding hydrogens is 484 g/mol. The third-order valence-corrected chi connectivity index (χ3v) is 8.48. The normalized spacial score (nSPS) is 13.6. The van der Waals surface area contributed by atoms with Crippen LogP contribution < -0.4 is 4.90 Å². The molecule has 0 radical (unpaired) electrons. The monoisotopic (exact) mass is 499 g/mol. The van der Waals surface area contributed by atoms with Gasteiger partial charge in [-0.05, 0) is 24.6 Å². The molecule has 168 valence electrons. The van der Waals surface area contributed by atoms with Gasteiger partial charge in [-0.1, -0.05) is 13.5 Å². The lowest BCUT2D eigenvalue weighted by atomic mass is 10.2. The van der Waals surface area contributed by atoms with Gasteiger partial charge in [0.2, 0.25) is 0 Å². The summed E-state index contributed by atoms with van der Waals surface area (Å²) >= 11 is 1.50. The van der Waals surface area contributed by atoms with Crippen LogP contribution in [0.3, 0.4) is 0 Å². The van der Waals surface area contributed by atoms with Gasteiger partial charge in [0, 0.05) is 17.5 Å². The Morgan fingerprint density at radius 2 is 1.77 bits per heavy atom. The zero-order valence-electron chi connectivity index (χ0n) is 16.3. The first-order valence-electron chi connectivity index (χ1n) is 8.62. The van der Waals surface area contributed by atoms with E-state index in [1.807, 2.05) is 0 Å². The Balaban J connectivity index is 2.07. The molecule has 1 unspecified atom stereocenters. The van der Waals surface area contributed by atoms with Crippen LogP contribution >= 0.6 is 22.7 Å². The molecule has 0 saturated heterocycles. The summed E-state index contributed by atoms with van der Waals surface area (Å²) in [6, 6.07) is 1.85. The number of hydrogen-bond donors (Lipinski definition) is 0. The minimum atomic E-state index is -4.65. The number of aryl methyl sites for hydroxylation is 1. The van der Waals surface area contributed by atoms with Gasteiger partial charge in [0.1, 0.15) is 4.88 Å². The Morgan fingerprint density at radius 3 is 2.29 bits per heavy atom. The van der Waals surface area contributed by atoms with Crippen LogP contribution in [0.2, 0.25) is 0 Å². The van der Waals surface area contributed by atoms with E-state index < -0.39 is 33.7 Å². The predicted molar refractivity (Wildman–Crippen MR) is 111 cm³/mol. The van der Waals surface area contributed by atoms with E-state index in [0.717, 1.165) is 23.5 Å². The highest BCUT2D eigenvalue weighted by molar-refractivity contribution is 7.85. The molecule has 1 atom stereocenters. The van der Waals surface area contributed by atoms with Gasteiger partial charge in [0.25, 0.3) is 0 Å². The second kappa shape index (κ2) is 8.17. The summed E-state index contributed by atoms with van der Waals surface area (Å²) in [6.45, 7) is 7.00. The van der Waals surface area contributed by atoms with Crippen molar-refractivity contribution in [1.29, 1.82) is 0 Å². The van der Waals surface area contributed by atoms with E-state index in [-0.39, 0.29) is 32.4 Å². The molecular formula is C18H15F6N3OS3. The van der Waals surface area contributed by atoms with Crippen molar-refractivity contribution >= 4 is 54.4 Å². The van der Waals surface area contributed by atoms with Gasteiger partial charge < -0.3 is 4.90 Å². The highest BCUT2D eigenvalue weighted by Crippen LogP contribution is 2.47. The fourth-order valence-corrected chi connectivity index (χ4v) is 6.88. The van der Waals surface area contributed by atoms with Crippen molar-refractivity contribution in [1.82, 2.24) is 10.2 Å². The molecule has 31 heavy (non-hydrogen) atoms. The molecule has 0 aliphatic rings. The smallest absolute Gasteiger partial charge is 0.327 e. The van der Waals surface area contributed by atoms with Gasteiger partial charge in [0.15, 0.2) is 11.5 Å². The van der Waals surface area contributed by atoms with Crippen molar-refractivity contribution in [3.8, 4) is 0 Å². The molecule has 0 fully saturated rings. The fraction of sp³-hybridized carbons (Fsp3) is 0.333. The highest BCUT2D eigenvalue weighted by atomic mass is 32.2. The fourth-order valence-electron chi connectivity index (χ4n) is 2.78. The van der Waals surface area contributed by atoms with Gasteiger partial charge in [-0.25, -0.2) is 0 Å². The van der Waals surface area contributed by atoms with E-state index in [4.69, 9.17) is 0 Å². The van der Waals surface area contributed by atoms with E-state index in [1.165, 1.54) is 18.9 Å². The number of aromatic nitrogens is 2. The molecule has 3 heterocycles. The van der Waals surface area contributed by atoms with E-state index in [0.29, 0.717) is 20.9 Å². The average molecular weight is 500 g/mol. The van der Waals surface area contributed by atoms with E-state index in [1.54, 1.807) is 6.92 Å². The zero-order chi connectivity index (χ0) is 23.3. The van der Waals surface area contributed by atoms with Crippen molar-refractivity contribution in [2.75, 3.05) is 17.7 Å². The zero-order valence-corrected chi connectivity index (χ0v) is 18.8. The predicted octanol–water partition coefficient (Wildman–Crippen LogP) is 6.33. The Kier molecular flexibility index (Phi) is 6.24. The van der Waals surface area contributed by atoms with Crippen molar-refractivity contribution < 1.29 is 30.6 Å². The van der Waals surface area contributed by atoms with Crippen LogP contribution in [0.5, 0.6) is 0 Å². The third kappa shape index (κ3) is 4.48. The molecule has 0 aliphatic heterocycles. The summed E-state index contributed by atoms with van der Waals surface area (Å²) in [5.74, 6) is 0.271. The summed E-state index contributed by atoms with van der Waals surface area (Å²) in [7, 11) is -0.0917. The van der Waals surface area contributed by atoms with Crippen LogP contribution in [0.25, 0.3) is 15.1 Å². The molecule has 0 saturated carbocycles. The summed E-state index contributed by atoms with van der Waals surface area (Å²) in [5, 5.41) is 6.87. The standard InChI is InChI=1S/C18H15F6N3OS3/c1-5-31(28)15-13(29-10-7-12(18(22,23)24)30-14(10)15)9(3)27(4)16-8(2)6-11(25-26-16)17(19,20)21/h6-7H,3,5H2,1-2,4H3. The van der Waals surface area contributed by atoms with Gasteiger partial charge >= 0.3 is 12.4 Å². The Labute approximate surface area is 183 Å². The van der Waals surface area contributed by atoms with Crippen LogP contribution in [0.15, 0.2) is 23.6 Å². The van der Waals surface area contributed by atoms with Gasteiger partial charge in [-0.3, -0.25) is 4.21 Å². The Hall–Kier alpha value is -1.99. The second-order valence-electron chi connectivity index (χ2n) is 6.44. The van der Waals surface area contributed by atoms with Crippen LogP contribution in [0.1, 0.15) is 27.9 Å². The summed E-state index contributed by atoms with van der Waals surface area (Å²) in [6.07, 6.45) is -9.17. The lowest BCUT2D eigenvalue weighted by Crippen LogP contribution is -2.20. The number of halogens is 6. The largest absolute Gasteiger partial charge is 0.435 e. The maximum atomic E-state index is 13.1. The molecule has 0 spiro atoms. The summed E-state index contributed by atoms with van der Waals surface area (Å²) in [4.78, 5) is 1.22. The number of nitrogens with zero attached hydrogens (tertiary/aromatic N) is 3. The van der Waals surface area contributed by atoms with E-state index in [9.17, 15) is 30.6 Å². The molecule has 3 rings (SSSR count). The van der Waals surface area contributed by atoms with Crippen LogP contribution in [0.4, 0.5) is 32.2 Å². The number of alkyl halides is 6. The van der Waals surface area contributed by atoms with Gasteiger partial charge in [-0.2, -0.15) is 26.3 Å². The molecule has 13 heteroatoms. The Bertz CT molecular complexity index is 1180. The maximum Gasteiger partial charge on any atom is 0.435 e. The second-order valence-corrected chi connectivity index (χ2v) is 10.2. The lowest BCUT2D eigenvalue weighted by molar-refractivity contribution is -0.141. The molecule has 0 amide bonds. The van der Waals surface area contributed by atoms with Crippen LogP contribution in [-0.2, 0) is 23.2 Å². The number of fused-ring (bicyclic) bond motifs is 1. The molecule has 0 aromatic carbocycles. The minimum absolute atomic E-state index is 0.0963. The molecule has 4 nitrogen and oxygen atoms in total. The first-order valence-corrected chi connectivity index (χ1v) is 11.6. The lowest BCUT2D eigenvalue weighted by Gasteiger charge is -2.22. The molecule has 3 aromatic heterocycles. The number of hydrogen-bond acceptors (Lipinski definition) is 6. The third-order valence-electron chi connectivity index (χ3n) is 4.33. The first kappa shape index (κ1) is 23.7. The Morgan fingerprint density at radius 1 is 1.13 bits per heavy atom. The maximum absolute atomic E-state index is 13.1. The van der Waals surface area contributed by atoms with Crippen molar-refractivity contribution in [2.45, 2.75) is 31.1 Å². The number of rotatable bonds is 5. The highest BCUT2D eigenvalue weighted by Gasteiger charge is 2.36. The minimum Gasteiger partial charge on any atom is -0.327 e. The topological polar surface area (TPSA) is 46.1 Å².